The molecule has 0 aromatic heterocycles. The highest BCUT2D eigenvalue weighted by Crippen LogP contribution is 2.25. The van der Waals surface area contributed by atoms with Crippen molar-refractivity contribution in [3.05, 3.63) is 63.6 Å². The van der Waals surface area contributed by atoms with Gasteiger partial charge < -0.3 is 20.1 Å². The Morgan fingerprint density at radius 2 is 1.62 bits per heavy atom. The highest BCUT2D eigenvalue weighted by Gasteiger charge is 2.36. The molecule has 0 atom stereocenters. The summed E-state index contributed by atoms with van der Waals surface area (Å²) in [4.78, 5) is 61.3. The summed E-state index contributed by atoms with van der Waals surface area (Å²) in [6.07, 6.45) is -0.380. The number of fused-ring (bicyclic) bond motifs is 1. The van der Waals surface area contributed by atoms with E-state index in [0.29, 0.717) is 23.0 Å². The van der Waals surface area contributed by atoms with Crippen LogP contribution in [0.2, 0.25) is 0 Å². The van der Waals surface area contributed by atoms with E-state index >= 15 is 0 Å². The lowest BCUT2D eigenvalue weighted by atomic mass is 10.1. The molecule has 0 aliphatic carbocycles. The zero-order chi connectivity index (χ0) is 24.7. The molecular formula is C23H22BrN3O7. The minimum Gasteiger partial charge on any atom is -0.434 e. The second-order valence-corrected chi connectivity index (χ2v) is 8.07. The van der Waals surface area contributed by atoms with Crippen LogP contribution in [0.5, 0.6) is 5.75 Å². The third kappa shape index (κ3) is 6.19. The number of nitrogens with one attached hydrogen (secondary N) is 2. The number of hydrogen-bond donors (Lipinski definition) is 2. The second-order valence-electron chi connectivity index (χ2n) is 7.16. The van der Waals surface area contributed by atoms with Crippen molar-refractivity contribution in [3.63, 3.8) is 0 Å². The lowest BCUT2D eigenvalue weighted by Gasteiger charge is -2.13. The van der Waals surface area contributed by atoms with Gasteiger partial charge in [0.2, 0.25) is 5.91 Å². The number of ether oxygens (including phenoxy) is 2. The lowest BCUT2D eigenvalue weighted by Crippen LogP contribution is -2.41. The maximum atomic E-state index is 12.4. The average molecular weight is 532 g/mol. The van der Waals surface area contributed by atoms with Crippen molar-refractivity contribution in [3.8, 4) is 5.75 Å². The fourth-order valence-corrected chi connectivity index (χ4v) is 3.51. The van der Waals surface area contributed by atoms with E-state index in [-0.39, 0.29) is 42.5 Å². The van der Waals surface area contributed by atoms with Crippen LogP contribution in [0.4, 0.5) is 4.79 Å². The van der Waals surface area contributed by atoms with E-state index in [2.05, 4.69) is 31.3 Å². The largest absolute Gasteiger partial charge is 0.513 e. The van der Waals surface area contributed by atoms with Crippen LogP contribution in [0.25, 0.3) is 0 Å². The molecule has 2 aromatic carbocycles. The highest BCUT2D eigenvalue weighted by molar-refractivity contribution is 9.10. The maximum Gasteiger partial charge on any atom is 0.513 e. The van der Waals surface area contributed by atoms with Crippen LogP contribution in [0.1, 0.15) is 44.4 Å². The van der Waals surface area contributed by atoms with Gasteiger partial charge in [-0.2, -0.15) is 0 Å². The third-order valence-electron chi connectivity index (χ3n) is 4.78. The van der Waals surface area contributed by atoms with Crippen molar-refractivity contribution in [1.82, 2.24) is 15.5 Å². The normalized spacial score (nSPS) is 12.2. The van der Waals surface area contributed by atoms with Gasteiger partial charge in [0.1, 0.15) is 12.3 Å². The van der Waals surface area contributed by atoms with E-state index in [4.69, 9.17) is 4.74 Å². The lowest BCUT2D eigenvalue weighted by molar-refractivity contribution is -0.121. The number of amides is 4. The minimum absolute atomic E-state index is 0.195. The van der Waals surface area contributed by atoms with Gasteiger partial charge >= 0.3 is 6.16 Å². The predicted octanol–water partition coefficient (Wildman–Crippen LogP) is 2.52. The molecule has 0 spiro atoms. The molecule has 10 nitrogen and oxygen atoms in total. The molecule has 2 N–H and O–H groups in total. The first-order chi connectivity index (χ1) is 16.3. The third-order valence-corrected chi connectivity index (χ3v) is 5.27. The van der Waals surface area contributed by atoms with Gasteiger partial charge in [0.15, 0.2) is 0 Å². The summed E-state index contributed by atoms with van der Waals surface area (Å²) >= 11 is 3.26. The Bertz CT molecular complexity index is 1120. The van der Waals surface area contributed by atoms with Crippen molar-refractivity contribution < 1.29 is 33.4 Å². The van der Waals surface area contributed by atoms with Gasteiger partial charge in [-0.05, 0) is 55.8 Å². The van der Waals surface area contributed by atoms with Crippen molar-refractivity contribution in [2.75, 3.05) is 26.2 Å². The first-order valence-electron chi connectivity index (χ1n) is 10.5. The number of carbonyl (C=O) groups is 5. The summed E-state index contributed by atoms with van der Waals surface area (Å²) in [6.45, 7) is 2.02. The number of hydrogen-bond acceptors (Lipinski definition) is 7. The van der Waals surface area contributed by atoms with Crippen molar-refractivity contribution in [1.29, 1.82) is 0 Å². The summed E-state index contributed by atoms with van der Waals surface area (Å²) in [5, 5.41) is 5.34. The summed E-state index contributed by atoms with van der Waals surface area (Å²) < 4.78 is 10.3. The van der Waals surface area contributed by atoms with Crippen LogP contribution in [0, 0.1) is 0 Å². The Kier molecular flexibility index (Phi) is 8.36. The van der Waals surface area contributed by atoms with E-state index < -0.39 is 23.9 Å². The maximum absolute atomic E-state index is 12.4. The van der Waals surface area contributed by atoms with Gasteiger partial charge in [-0.1, -0.05) is 15.9 Å². The van der Waals surface area contributed by atoms with E-state index in [0.717, 1.165) is 4.90 Å². The van der Waals surface area contributed by atoms with Crippen LogP contribution in [0.15, 0.2) is 46.9 Å². The Balaban J connectivity index is 1.37. The van der Waals surface area contributed by atoms with Crippen molar-refractivity contribution in [2.24, 2.45) is 0 Å². The molecule has 0 saturated heterocycles. The Morgan fingerprint density at radius 1 is 0.941 bits per heavy atom. The van der Waals surface area contributed by atoms with E-state index in [1.165, 1.54) is 24.3 Å². The van der Waals surface area contributed by atoms with Gasteiger partial charge in [-0.25, -0.2) is 4.79 Å². The van der Waals surface area contributed by atoms with Gasteiger partial charge in [0, 0.05) is 23.1 Å². The molecule has 34 heavy (non-hydrogen) atoms. The molecule has 1 heterocycles. The molecule has 3 rings (SSSR count). The molecule has 0 radical (unpaired) electrons. The Hall–Kier alpha value is -3.73. The molecule has 1 aliphatic rings. The van der Waals surface area contributed by atoms with Crippen molar-refractivity contribution >= 4 is 45.7 Å². The van der Waals surface area contributed by atoms with E-state index in [1.807, 2.05) is 0 Å². The Labute approximate surface area is 203 Å². The van der Waals surface area contributed by atoms with Gasteiger partial charge in [0.05, 0.1) is 17.7 Å². The summed E-state index contributed by atoms with van der Waals surface area (Å²) in [5.74, 6) is -1.57. The fraction of sp³-hybridized carbons (Fsp3) is 0.261. The zero-order valence-corrected chi connectivity index (χ0v) is 19.8. The fourth-order valence-electron chi connectivity index (χ4n) is 3.14. The van der Waals surface area contributed by atoms with Gasteiger partial charge in [-0.3, -0.25) is 24.1 Å². The second kappa shape index (κ2) is 11.4. The predicted molar refractivity (Wildman–Crippen MR) is 124 cm³/mol. The van der Waals surface area contributed by atoms with Crippen LogP contribution in [-0.4, -0.2) is 60.9 Å². The van der Waals surface area contributed by atoms with Gasteiger partial charge in [-0.15, -0.1) is 0 Å². The standard InChI is InChI=1S/C23H22BrN3O7/c1-2-33-23(32)34-16-7-4-14(5-8-16)20(29)26-11-3-10-25-19(28)13-27-21(30)17-9-6-15(24)12-18(17)22(27)31/h4-9,12H,2-3,10-11,13H2,1H3,(H,25,28)(H,26,29). The quantitative estimate of drug-likeness (QED) is 0.220. The molecule has 0 unspecified atom stereocenters. The summed E-state index contributed by atoms with van der Waals surface area (Å²) in [7, 11) is 0. The minimum atomic E-state index is -0.821. The topological polar surface area (TPSA) is 131 Å². The smallest absolute Gasteiger partial charge is 0.434 e. The van der Waals surface area contributed by atoms with Crippen molar-refractivity contribution in [2.45, 2.75) is 13.3 Å². The Morgan fingerprint density at radius 3 is 2.32 bits per heavy atom. The van der Waals surface area contributed by atoms with Crippen LogP contribution in [0.3, 0.4) is 0 Å². The first kappa shape index (κ1) is 24.9. The number of halogens is 1. The van der Waals surface area contributed by atoms with Crippen LogP contribution < -0.4 is 15.4 Å². The molecule has 0 bridgehead atoms. The number of imide groups is 1. The molecule has 0 saturated carbocycles. The summed E-state index contributed by atoms with van der Waals surface area (Å²) in [6, 6.07) is 10.7. The van der Waals surface area contributed by atoms with E-state index in [1.54, 1.807) is 25.1 Å². The number of benzene rings is 2. The molecular weight excluding hydrogens is 510 g/mol. The highest BCUT2D eigenvalue weighted by atomic mass is 79.9. The molecule has 4 amide bonds. The molecule has 2 aromatic rings. The molecule has 11 heteroatoms. The molecule has 1 aliphatic heterocycles. The van der Waals surface area contributed by atoms with Crippen LogP contribution >= 0.6 is 15.9 Å². The first-order valence-corrected chi connectivity index (χ1v) is 11.2. The number of rotatable bonds is 9. The monoisotopic (exact) mass is 531 g/mol. The van der Waals surface area contributed by atoms with Crippen LogP contribution in [-0.2, 0) is 9.53 Å². The van der Waals surface area contributed by atoms with Gasteiger partial charge in [0.25, 0.3) is 17.7 Å². The number of carbonyl (C=O) groups excluding carboxylic acids is 5. The van der Waals surface area contributed by atoms with E-state index in [9.17, 15) is 24.0 Å². The molecule has 0 fully saturated rings. The SMILES string of the molecule is CCOC(=O)Oc1ccc(C(=O)NCCCNC(=O)CN2C(=O)c3ccc(Br)cc3C2=O)cc1. The summed E-state index contributed by atoms with van der Waals surface area (Å²) in [5.41, 5.74) is 0.900. The number of nitrogens with zero attached hydrogens (tertiary/aromatic N) is 1. The average Bonchev–Trinajstić information content (AvgIpc) is 3.03. The zero-order valence-electron chi connectivity index (χ0n) is 18.3. The molecule has 178 valence electrons.